The Bertz CT molecular complexity index is 495. The molecule has 0 heterocycles. The number of hydrogen-bond donors (Lipinski definition) is 0. The molecule has 20 heavy (non-hydrogen) atoms. The molecule has 0 aromatic heterocycles. The number of rotatable bonds is 4. The van der Waals surface area contributed by atoms with E-state index in [0.29, 0.717) is 0 Å². The molecule has 1 nitrogen and oxygen atoms in total. The molecule has 1 aromatic rings. The predicted molar refractivity (Wildman–Crippen MR) is 64.7 cm³/mol. The van der Waals surface area contributed by atoms with E-state index in [9.17, 15) is 31.1 Å². The fourth-order valence-corrected chi connectivity index (χ4v) is 2.73. The highest BCUT2D eigenvalue weighted by atomic mass is 32.2. The van der Waals surface area contributed by atoms with Crippen LogP contribution in [0.1, 0.15) is 12.5 Å². The molecule has 112 valence electrons. The van der Waals surface area contributed by atoms with E-state index in [0.717, 1.165) is 18.2 Å². The number of alkyl halides is 6. The van der Waals surface area contributed by atoms with Crippen LogP contribution in [-0.4, -0.2) is 16.8 Å². The van der Waals surface area contributed by atoms with E-state index in [4.69, 9.17) is 0 Å². The van der Waals surface area contributed by atoms with E-state index in [1.807, 2.05) is 0 Å². The van der Waals surface area contributed by atoms with Crippen LogP contribution < -0.4 is 0 Å². The van der Waals surface area contributed by atoms with Gasteiger partial charge in [0.15, 0.2) is 0 Å². The number of carbonyl (C=O) groups is 1. The average Bonchev–Trinajstić information content (AvgIpc) is 2.16. The Kier molecular flexibility index (Phi) is 5.42. The Morgan fingerprint density at radius 3 is 2.05 bits per heavy atom. The van der Waals surface area contributed by atoms with Gasteiger partial charge in [-0.2, -0.15) is 26.3 Å². The second kappa shape index (κ2) is 6.30. The van der Waals surface area contributed by atoms with Crippen molar-refractivity contribution in [3.63, 3.8) is 0 Å². The van der Waals surface area contributed by atoms with Gasteiger partial charge in [-0.05, 0) is 48.1 Å². The lowest BCUT2D eigenvalue weighted by molar-refractivity contribution is -0.116. The number of hydrogen-bond acceptors (Lipinski definition) is 3. The molecule has 9 heteroatoms. The van der Waals surface area contributed by atoms with Gasteiger partial charge in [0.2, 0.25) is 0 Å². The first kappa shape index (κ1) is 17.2. The van der Waals surface area contributed by atoms with Gasteiger partial charge in [-0.3, -0.25) is 4.79 Å². The highest BCUT2D eigenvalue weighted by Gasteiger charge is 2.32. The normalized spacial score (nSPS) is 12.6. The molecule has 0 aliphatic rings. The van der Waals surface area contributed by atoms with Crippen molar-refractivity contribution in [3.8, 4) is 0 Å². The highest BCUT2D eigenvalue weighted by molar-refractivity contribution is 8.01. The summed E-state index contributed by atoms with van der Waals surface area (Å²) < 4.78 is 73.7. The average molecular weight is 334 g/mol. The lowest BCUT2D eigenvalue weighted by Crippen LogP contribution is -2.05. The molecular weight excluding hydrogens is 326 g/mol. The van der Waals surface area contributed by atoms with Crippen molar-refractivity contribution in [2.24, 2.45) is 0 Å². The third-order valence-corrected chi connectivity index (χ3v) is 3.49. The molecule has 0 atom stereocenters. The van der Waals surface area contributed by atoms with Gasteiger partial charge >= 0.3 is 11.0 Å². The van der Waals surface area contributed by atoms with Crippen LogP contribution in [-0.2, 0) is 11.2 Å². The van der Waals surface area contributed by atoms with Gasteiger partial charge in [-0.15, -0.1) is 0 Å². The van der Waals surface area contributed by atoms with E-state index >= 15 is 0 Å². The van der Waals surface area contributed by atoms with Gasteiger partial charge in [0.05, 0.1) is 0 Å². The van der Waals surface area contributed by atoms with E-state index in [1.165, 1.54) is 6.92 Å². The summed E-state index contributed by atoms with van der Waals surface area (Å²) in [5, 5.41) is 0. The van der Waals surface area contributed by atoms with Gasteiger partial charge in [0.1, 0.15) is 5.78 Å². The van der Waals surface area contributed by atoms with Crippen molar-refractivity contribution >= 4 is 29.3 Å². The van der Waals surface area contributed by atoms with Crippen molar-refractivity contribution < 1.29 is 31.1 Å². The lowest BCUT2D eigenvalue weighted by atomic mass is 10.1. The topological polar surface area (TPSA) is 17.1 Å². The van der Waals surface area contributed by atoms with E-state index in [-0.39, 0.29) is 27.6 Å². The third-order valence-electron chi connectivity index (χ3n) is 1.94. The van der Waals surface area contributed by atoms with Crippen LogP contribution in [0.4, 0.5) is 26.3 Å². The first-order valence-electron chi connectivity index (χ1n) is 5.10. The van der Waals surface area contributed by atoms with Gasteiger partial charge in [-0.1, -0.05) is 6.07 Å². The quantitative estimate of drug-likeness (QED) is 0.567. The zero-order chi connectivity index (χ0) is 15.6. The molecule has 0 spiro atoms. The standard InChI is InChI=1S/C11H8F6OS2/c1-6(18)4-7-2-3-8(19-10(12,13)14)5-9(7)20-11(15,16)17/h2-3,5H,4H2,1H3. The summed E-state index contributed by atoms with van der Waals surface area (Å²) in [7, 11) is 0. The number of halogens is 6. The van der Waals surface area contributed by atoms with Crippen LogP contribution in [0.2, 0.25) is 0 Å². The summed E-state index contributed by atoms with van der Waals surface area (Å²) >= 11 is -1.02. The molecule has 0 radical (unpaired) electrons. The van der Waals surface area contributed by atoms with Gasteiger partial charge < -0.3 is 0 Å². The van der Waals surface area contributed by atoms with Crippen LogP contribution in [0, 0.1) is 0 Å². The number of Topliss-reactive ketones (excluding diaryl/α,β-unsaturated/α-hetero) is 1. The second-order valence-electron chi connectivity index (χ2n) is 3.74. The molecule has 0 aliphatic heterocycles. The Balaban J connectivity index is 3.11. The SMILES string of the molecule is CC(=O)Cc1ccc(SC(F)(F)F)cc1SC(F)(F)F. The van der Waals surface area contributed by atoms with Crippen molar-refractivity contribution in [1.29, 1.82) is 0 Å². The fourth-order valence-electron chi connectivity index (χ4n) is 1.37. The number of ketones is 1. The molecule has 0 unspecified atom stereocenters. The van der Waals surface area contributed by atoms with Crippen LogP contribution >= 0.6 is 23.5 Å². The molecule has 0 bridgehead atoms. The summed E-state index contributed by atoms with van der Waals surface area (Å²) in [6.45, 7) is 1.19. The smallest absolute Gasteiger partial charge is 0.300 e. The first-order chi connectivity index (χ1) is 8.96. The Labute approximate surface area is 119 Å². The first-order valence-corrected chi connectivity index (χ1v) is 6.73. The minimum Gasteiger partial charge on any atom is -0.300 e. The second-order valence-corrected chi connectivity index (χ2v) is 5.99. The third kappa shape index (κ3) is 6.56. The minimum absolute atomic E-state index is 0.0614. The van der Waals surface area contributed by atoms with Crippen molar-refractivity contribution in [2.75, 3.05) is 0 Å². The molecule has 0 aliphatic carbocycles. The van der Waals surface area contributed by atoms with E-state index in [2.05, 4.69) is 0 Å². The largest absolute Gasteiger partial charge is 0.446 e. The maximum Gasteiger partial charge on any atom is 0.446 e. The molecule has 0 fully saturated rings. The molecule has 0 saturated heterocycles. The monoisotopic (exact) mass is 334 g/mol. The summed E-state index contributed by atoms with van der Waals surface area (Å²) in [4.78, 5) is 10.2. The summed E-state index contributed by atoms with van der Waals surface area (Å²) in [5.74, 6) is -0.370. The van der Waals surface area contributed by atoms with Crippen LogP contribution in [0.3, 0.4) is 0 Å². The highest BCUT2D eigenvalue weighted by Crippen LogP contribution is 2.43. The van der Waals surface area contributed by atoms with E-state index < -0.39 is 34.5 Å². The van der Waals surface area contributed by atoms with Gasteiger partial charge in [0.25, 0.3) is 0 Å². The van der Waals surface area contributed by atoms with E-state index in [1.54, 1.807) is 0 Å². The zero-order valence-corrected chi connectivity index (χ0v) is 11.6. The predicted octanol–water partition coefficient (Wildman–Crippen LogP) is 5.04. The van der Waals surface area contributed by atoms with Gasteiger partial charge in [-0.25, -0.2) is 0 Å². The Morgan fingerprint density at radius 2 is 1.60 bits per heavy atom. The van der Waals surface area contributed by atoms with Crippen LogP contribution in [0.25, 0.3) is 0 Å². The van der Waals surface area contributed by atoms with Crippen molar-refractivity contribution in [3.05, 3.63) is 23.8 Å². The summed E-state index contributed by atoms with van der Waals surface area (Å²) in [6.07, 6.45) is -0.255. The van der Waals surface area contributed by atoms with Crippen LogP contribution in [0.15, 0.2) is 28.0 Å². The number of carbonyl (C=O) groups excluding carboxylic acids is 1. The van der Waals surface area contributed by atoms with Crippen LogP contribution in [0.5, 0.6) is 0 Å². The molecular formula is C11H8F6OS2. The zero-order valence-electron chi connectivity index (χ0n) is 9.93. The number of thioether (sulfide) groups is 2. The summed E-state index contributed by atoms with van der Waals surface area (Å²) in [5.41, 5.74) is -9.15. The minimum atomic E-state index is -4.63. The van der Waals surface area contributed by atoms with Crippen molar-refractivity contribution in [2.45, 2.75) is 34.2 Å². The van der Waals surface area contributed by atoms with Crippen molar-refractivity contribution in [1.82, 2.24) is 0 Å². The Hall–Kier alpha value is -0.830. The maximum atomic E-state index is 12.4. The fraction of sp³-hybridized carbons (Fsp3) is 0.364. The molecule has 0 amide bonds. The molecule has 1 rings (SSSR count). The molecule has 0 saturated carbocycles. The maximum absolute atomic E-state index is 12.4. The van der Waals surface area contributed by atoms with Gasteiger partial charge in [0, 0.05) is 16.2 Å². The molecule has 0 N–H and O–H groups in total. The lowest BCUT2D eigenvalue weighted by Gasteiger charge is -2.13. The number of benzene rings is 1. The summed E-state index contributed by atoms with van der Waals surface area (Å²) in [6, 6.07) is 2.97. The Morgan fingerprint density at radius 1 is 1.05 bits per heavy atom. The molecule has 1 aromatic carbocycles.